The van der Waals surface area contributed by atoms with E-state index in [-0.39, 0.29) is 6.61 Å². The highest BCUT2D eigenvalue weighted by Crippen LogP contribution is 2.17. The first kappa shape index (κ1) is 16.0. The van der Waals surface area contributed by atoms with Crippen LogP contribution in [0.25, 0.3) is 0 Å². The molecule has 0 spiro atoms. The Morgan fingerprint density at radius 2 is 1.79 bits per heavy atom. The first-order valence-corrected chi connectivity index (χ1v) is 6.33. The lowest BCUT2D eigenvalue weighted by atomic mass is 10.1. The molecule has 0 saturated carbocycles. The van der Waals surface area contributed by atoms with Crippen LogP contribution in [0.15, 0.2) is 24.3 Å². The van der Waals surface area contributed by atoms with E-state index in [4.69, 9.17) is 4.74 Å². The molecule has 0 fully saturated rings. The fourth-order valence-electron chi connectivity index (χ4n) is 1.71. The van der Waals surface area contributed by atoms with Gasteiger partial charge in [-0.05, 0) is 24.1 Å². The van der Waals surface area contributed by atoms with Crippen LogP contribution in [0.4, 0.5) is 13.2 Å². The van der Waals surface area contributed by atoms with Crippen molar-refractivity contribution in [3.05, 3.63) is 35.4 Å². The Morgan fingerprint density at radius 1 is 1.16 bits per heavy atom. The van der Waals surface area contributed by atoms with Gasteiger partial charge in [0, 0.05) is 6.04 Å². The van der Waals surface area contributed by atoms with Gasteiger partial charge in [0.25, 0.3) is 0 Å². The maximum absolute atomic E-state index is 12.0. The molecule has 5 heteroatoms. The molecular formula is C14H20F3NO. The third kappa shape index (κ3) is 7.18. The second kappa shape index (κ2) is 7.50. The number of ether oxygens (including phenoxy) is 1. The highest BCUT2D eigenvalue weighted by atomic mass is 19.4. The maximum Gasteiger partial charge on any atom is 0.411 e. The third-order valence-corrected chi connectivity index (χ3v) is 2.59. The van der Waals surface area contributed by atoms with E-state index in [0.29, 0.717) is 6.04 Å². The van der Waals surface area contributed by atoms with Crippen molar-refractivity contribution in [2.75, 3.05) is 13.2 Å². The smallest absolute Gasteiger partial charge is 0.367 e. The normalized spacial score (nSPS) is 12.1. The van der Waals surface area contributed by atoms with Gasteiger partial charge in [-0.25, -0.2) is 0 Å². The van der Waals surface area contributed by atoms with Crippen LogP contribution in [0, 0.1) is 0 Å². The SMILES string of the molecule is CC(C)NCCc1ccccc1COCC(F)(F)F. The van der Waals surface area contributed by atoms with Gasteiger partial charge in [-0.1, -0.05) is 38.1 Å². The van der Waals surface area contributed by atoms with Crippen LogP contribution in [-0.2, 0) is 17.8 Å². The summed E-state index contributed by atoms with van der Waals surface area (Å²) in [4.78, 5) is 0. The van der Waals surface area contributed by atoms with Crippen molar-refractivity contribution in [3.8, 4) is 0 Å². The van der Waals surface area contributed by atoms with Gasteiger partial charge in [0.1, 0.15) is 6.61 Å². The van der Waals surface area contributed by atoms with Crippen molar-refractivity contribution in [1.29, 1.82) is 0 Å². The van der Waals surface area contributed by atoms with Gasteiger partial charge < -0.3 is 10.1 Å². The van der Waals surface area contributed by atoms with Crippen LogP contribution in [-0.4, -0.2) is 25.4 Å². The van der Waals surface area contributed by atoms with Crippen molar-refractivity contribution >= 4 is 0 Å². The molecule has 0 saturated heterocycles. The number of halogens is 3. The second-order valence-electron chi connectivity index (χ2n) is 4.74. The van der Waals surface area contributed by atoms with E-state index >= 15 is 0 Å². The van der Waals surface area contributed by atoms with Gasteiger partial charge >= 0.3 is 6.18 Å². The predicted octanol–water partition coefficient (Wildman–Crippen LogP) is 3.31. The zero-order valence-corrected chi connectivity index (χ0v) is 11.3. The zero-order valence-electron chi connectivity index (χ0n) is 11.3. The molecule has 2 nitrogen and oxygen atoms in total. The van der Waals surface area contributed by atoms with E-state index in [2.05, 4.69) is 19.2 Å². The minimum atomic E-state index is -4.27. The molecule has 108 valence electrons. The topological polar surface area (TPSA) is 21.3 Å². The Kier molecular flexibility index (Phi) is 6.31. The molecule has 0 aliphatic heterocycles. The molecular weight excluding hydrogens is 255 g/mol. The van der Waals surface area contributed by atoms with E-state index < -0.39 is 12.8 Å². The average Bonchev–Trinajstić information content (AvgIpc) is 2.29. The third-order valence-electron chi connectivity index (χ3n) is 2.59. The molecule has 0 bridgehead atoms. The number of alkyl halides is 3. The van der Waals surface area contributed by atoms with Crippen LogP contribution in [0.2, 0.25) is 0 Å². The molecule has 0 amide bonds. The molecule has 0 unspecified atom stereocenters. The molecule has 0 aromatic heterocycles. The molecule has 1 rings (SSSR count). The first-order chi connectivity index (χ1) is 8.88. The maximum atomic E-state index is 12.0. The fraction of sp³-hybridized carbons (Fsp3) is 0.571. The number of benzene rings is 1. The van der Waals surface area contributed by atoms with Crippen LogP contribution in [0.3, 0.4) is 0 Å². The van der Waals surface area contributed by atoms with Crippen molar-refractivity contribution in [1.82, 2.24) is 5.32 Å². The van der Waals surface area contributed by atoms with Crippen LogP contribution in [0.1, 0.15) is 25.0 Å². The van der Waals surface area contributed by atoms with Crippen LogP contribution < -0.4 is 5.32 Å². The van der Waals surface area contributed by atoms with E-state index in [0.717, 1.165) is 24.1 Å². The molecule has 1 aromatic rings. The highest BCUT2D eigenvalue weighted by molar-refractivity contribution is 5.26. The fourth-order valence-corrected chi connectivity index (χ4v) is 1.71. The van der Waals surface area contributed by atoms with Gasteiger partial charge in [-0.3, -0.25) is 0 Å². The van der Waals surface area contributed by atoms with Crippen molar-refractivity contribution < 1.29 is 17.9 Å². The molecule has 0 atom stereocenters. The van der Waals surface area contributed by atoms with E-state index in [1.807, 2.05) is 18.2 Å². The summed E-state index contributed by atoms with van der Waals surface area (Å²) in [6.07, 6.45) is -3.49. The predicted molar refractivity (Wildman–Crippen MR) is 69.0 cm³/mol. The van der Waals surface area contributed by atoms with Gasteiger partial charge in [0.05, 0.1) is 6.61 Å². The Balaban J connectivity index is 2.48. The largest absolute Gasteiger partial charge is 0.411 e. The molecule has 1 aromatic carbocycles. The minimum Gasteiger partial charge on any atom is -0.367 e. The molecule has 1 N–H and O–H groups in total. The van der Waals surface area contributed by atoms with Gasteiger partial charge in [-0.2, -0.15) is 13.2 Å². The van der Waals surface area contributed by atoms with Crippen molar-refractivity contribution in [2.24, 2.45) is 0 Å². The number of hydrogen-bond acceptors (Lipinski definition) is 2. The average molecular weight is 275 g/mol. The molecule has 0 heterocycles. The first-order valence-electron chi connectivity index (χ1n) is 6.33. The minimum absolute atomic E-state index is 0.00262. The van der Waals surface area contributed by atoms with Crippen molar-refractivity contribution in [3.63, 3.8) is 0 Å². The standard InChI is InChI=1S/C14H20F3NO/c1-11(2)18-8-7-12-5-3-4-6-13(12)9-19-10-14(15,16)17/h3-6,11,18H,7-10H2,1-2H3. The lowest BCUT2D eigenvalue weighted by molar-refractivity contribution is -0.176. The Labute approximate surface area is 112 Å². The highest BCUT2D eigenvalue weighted by Gasteiger charge is 2.27. The zero-order chi connectivity index (χ0) is 14.3. The quantitative estimate of drug-likeness (QED) is 0.824. The molecule has 0 aliphatic rings. The monoisotopic (exact) mass is 275 g/mol. The number of nitrogens with one attached hydrogen (secondary N) is 1. The molecule has 0 radical (unpaired) electrons. The molecule has 0 aliphatic carbocycles. The Hall–Kier alpha value is -1.07. The molecule has 19 heavy (non-hydrogen) atoms. The Morgan fingerprint density at radius 3 is 2.37 bits per heavy atom. The summed E-state index contributed by atoms with van der Waals surface area (Å²) in [6.45, 7) is 3.70. The lowest BCUT2D eigenvalue weighted by Crippen LogP contribution is -2.25. The van der Waals surface area contributed by atoms with Gasteiger partial charge in [-0.15, -0.1) is 0 Å². The van der Waals surface area contributed by atoms with Crippen molar-refractivity contribution in [2.45, 2.75) is 39.1 Å². The summed E-state index contributed by atoms with van der Waals surface area (Å²) in [7, 11) is 0. The number of rotatable bonds is 7. The van der Waals surface area contributed by atoms with Gasteiger partial charge in [0.2, 0.25) is 0 Å². The summed E-state index contributed by atoms with van der Waals surface area (Å²) < 4.78 is 40.8. The summed E-state index contributed by atoms with van der Waals surface area (Å²) in [5.41, 5.74) is 1.84. The summed E-state index contributed by atoms with van der Waals surface area (Å²) in [6, 6.07) is 7.83. The van der Waals surface area contributed by atoms with E-state index in [1.54, 1.807) is 6.07 Å². The van der Waals surface area contributed by atoms with Crippen LogP contribution >= 0.6 is 0 Å². The summed E-state index contributed by atoms with van der Waals surface area (Å²) in [5, 5.41) is 3.28. The summed E-state index contributed by atoms with van der Waals surface area (Å²) >= 11 is 0. The summed E-state index contributed by atoms with van der Waals surface area (Å²) in [5.74, 6) is 0. The van der Waals surface area contributed by atoms with E-state index in [9.17, 15) is 13.2 Å². The van der Waals surface area contributed by atoms with Crippen LogP contribution in [0.5, 0.6) is 0 Å². The second-order valence-corrected chi connectivity index (χ2v) is 4.74. The van der Waals surface area contributed by atoms with Gasteiger partial charge in [0.15, 0.2) is 0 Å². The lowest BCUT2D eigenvalue weighted by Gasteiger charge is -2.13. The Bertz CT molecular complexity index is 377. The number of hydrogen-bond donors (Lipinski definition) is 1. The van der Waals surface area contributed by atoms with E-state index in [1.165, 1.54) is 0 Å².